The molecule has 1 saturated carbocycles. The Morgan fingerprint density at radius 3 is 2.38 bits per heavy atom. The number of carbonyl (C=O) groups excluding carboxylic acids is 3. The molecule has 1 spiro atoms. The highest BCUT2D eigenvalue weighted by Gasteiger charge is 2.93. The Labute approximate surface area is 222 Å². The molecule has 0 bridgehead atoms. The Kier molecular flexibility index (Phi) is 4.47. The predicted octanol–water partition coefficient (Wildman–Crippen LogP) is 1.63. The zero-order chi connectivity index (χ0) is 27.3. The van der Waals surface area contributed by atoms with E-state index in [1.165, 1.54) is 0 Å². The summed E-state index contributed by atoms with van der Waals surface area (Å²) in [5, 5.41) is 34.9. The number of phenols is 2. The molecule has 1 aromatic rings. The number of carbonyl (C=O) groups is 3. The van der Waals surface area contributed by atoms with E-state index in [2.05, 4.69) is 0 Å². The molecule has 7 aliphatic rings. The van der Waals surface area contributed by atoms with Crippen LogP contribution < -0.4 is 0 Å². The van der Waals surface area contributed by atoms with Crippen LogP contribution in [0.25, 0.3) is 0 Å². The smallest absolute Gasteiger partial charge is 0.309 e. The van der Waals surface area contributed by atoms with Crippen LogP contribution in [0.2, 0.25) is 0 Å². The Morgan fingerprint density at radius 1 is 0.923 bits per heavy atom. The van der Waals surface area contributed by atoms with Crippen molar-refractivity contribution in [1.29, 1.82) is 0 Å². The van der Waals surface area contributed by atoms with Gasteiger partial charge in [0.25, 0.3) is 0 Å². The maximum absolute atomic E-state index is 13.9. The van der Waals surface area contributed by atoms with Crippen LogP contribution in [0.5, 0.6) is 11.5 Å². The van der Waals surface area contributed by atoms with Crippen molar-refractivity contribution in [2.24, 2.45) is 0 Å². The summed E-state index contributed by atoms with van der Waals surface area (Å²) in [6, 6.07) is 0. The van der Waals surface area contributed by atoms with Crippen LogP contribution in [0.15, 0.2) is 11.1 Å². The van der Waals surface area contributed by atoms with Gasteiger partial charge in [-0.3, -0.25) is 14.4 Å². The molecule has 3 N–H and O–H groups in total. The number of fused-ring (bicyclic) bond motifs is 5. The molecule has 0 amide bonds. The van der Waals surface area contributed by atoms with E-state index in [0.717, 1.165) is 12.8 Å². The first-order valence-electron chi connectivity index (χ1n) is 13.5. The number of hydrogen-bond acceptors (Lipinski definition) is 11. The van der Waals surface area contributed by atoms with Gasteiger partial charge in [-0.05, 0) is 40.0 Å². The van der Waals surface area contributed by atoms with Gasteiger partial charge in [-0.2, -0.15) is 0 Å². The van der Waals surface area contributed by atoms with Gasteiger partial charge >= 0.3 is 5.97 Å². The van der Waals surface area contributed by atoms with Crippen molar-refractivity contribution in [3.05, 3.63) is 33.4 Å². The second-order valence-corrected chi connectivity index (χ2v) is 11.8. The fourth-order valence-corrected chi connectivity index (χ4v) is 8.18. The Balaban J connectivity index is 1.26. The molecule has 4 fully saturated rings. The molecule has 4 aliphatic heterocycles. The number of ketones is 2. The number of phenolic OH excluding ortho intramolecular Hbond substituents is 2. The van der Waals surface area contributed by atoms with Crippen LogP contribution in [0, 0.1) is 0 Å². The second-order valence-electron chi connectivity index (χ2n) is 11.8. The maximum Gasteiger partial charge on any atom is 0.309 e. The summed E-state index contributed by atoms with van der Waals surface area (Å²) in [6.45, 7) is 5.24. The minimum atomic E-state index is -1.52. The molecule has 206 valence electrons. The SMILES string of the molecule is CC1CCCC(OC2C3(O)C(C)OC4c5c(O)c6c(c(O)c5C423)C(=O)C2=C(C6=O)C3OC(=O)CC3OC2C)O1. The molecule has 10 unspecified atom stereocenters. The number of Topliss-reactive ketones (excluding diaryl/α,β-unsaturated/α-hetero) is 2. The predicted molar refractivity (Wildman–Crippen MR) is 127 cm³/mol. The number of esters is 1. The lowest BCUT2D eigenvalue weighted by Gasteiger charge is -2.42. The van der Waals surface area contributed by atoms with Crippen LogP contribution in [0.3, 0.4) is 0 Å². The monoisotopic (exact) mass is 540 g/mol. The number of rotatable bonds is 2. The third-order valence-electron chi connectivity index (χ3n) is 9.92. The van der Waals surface area contributed by atoms with Gasteiger partial charge in [0.05, 0.1) is 46.8 Å². The van der Waals surface area contributed by atoms with Crippen molar-refractivity contribution in [2.75, 3.05) is 0 Å². The molecular formula is C28H28O11. The van der Waals surface area contributed by atoms with E-state index in [1.54, 1.807) is 13.8 Å². The summed E-state index contributed by atoms with van der Waals surface area (Å²) in [7, 11) is 0. The molecule has 1 aromatic carbocycles. The minimum absolute atomic E-state index is 0.00152. The van der Waals surface area contributed by atoms with Gasteiger partial charge in [0, 0.05) is 16.7 Å². The standard InChI is InChI=1S/C28H28O11/c1-8-5-4-6-13(35-8)39-26-27-19-18(25(27)37-10(3)28(26,27)34)22(32)15-16(23(19)33)20(30)14-9(2)36-11-7-12(29)38-24(11)17(14)21(15)31/h8-11,13,24-26,32-34H,4-7H2,1-3H3. The zero-order valence-corrected chi connectivity index (χ0v) is 21.6. The van der Waals surface area contributed by atoms with Gasteiger partial charge in [0.1, 0.15) is 35.4 Å². The van der Waals surface area contributed by atoms with E-state index in [9.17, 15) is 29.7 Å². The molecule has 4 heterocycles. The van der Waals surface area contributed by atoms with Crippen molar-refractivity contribution in [1.82, 2.24) is 0 Å². The Hall–Kier alpha value is -2.83. The van der Waals surface area contributed by atoms with Crippen molar-refractivity contribution >= 4 is 17.5 Å². The molecular weight excluding hydrogens is 512 g/mol. The topological polar surface area (TPSA) is 158 Å². The molecule has 11 nitrogen and oxygen atoms in total. The highest BCUT2D eigenvalue weighted by Crippen LogP contribution is 2.82. The highest BCUT2D eigenvalue weighted by molar-refractivity contribution is 6.30. The van der Waals surface area contributed by atoms with Gasteiger partial charge in [-0.25, -0.2) is 0 Å². The number of aliphatic hydroxyl groups is 1. The van der Waals surface area contributed by atoms with Crippen LogP contribution in [-0.2, 0) is 33.9 Å². The summed E-state index contributed by atoms with van der Waals surface area (Å²) in [5.41, 5.74) is -3.17. The van der Waals surface area contributed by atoms with E-state index >= 15 is 0 Å². The molecule has 10 atom stereocenters. The summed E-state index contributed by atoms with van der Waals surface area (Å²) in [4.78, 5) is 39.7. The largest absolute Gasteiger partial charge is 0.507 e. The number of aromatic hydroxyl groups is 2. The van der Waals surface area contributed by atoms with Crippen LogP contribution in [0.1, 0.15) is 84.4 Å². The second kappa shape index (κ2) is 7.27. The molecule has 8 rings (SSSR count). The molecule has 0 radical (unpaired) electrons. The summed E-state index contributed by atoms with van der Waals surface area (Å²) in [6.07, 6.45) is -3.16. The molecule has 0 aromatic heterocycles. The van der Waals surface area contributed by atoms with E-state index in [-0.39, 0.29) is 45.9 Å². The van der Waals surface area contributed by atoms with Crippen LogP contribution >= 0.6 is 0 Å². The van der Waals surface area contributed by atoms with Crippen LogP contribution in [-0.4, -0.2) is 81.4 Å². The third-order valence-corrected chi connectivity index (χ3v) is 9.92. The maximum atomic E-state index is 13.9. The number of ether oxygens (including phenoxy) is 5. The summed E-state index contributed by atoms with van der Waals surface area (Å²) < 4.78 is 29.4. The quantitative estimate of drug-likeness (QED) is 0.370. The van der Waals surface area contributed by atoms with E-state index < -0.39 is 83.0 Å². The van der Waals surface area contributed by atoms with E-state index in [0.29, 0.717) is 6.42 Å². The normalized spacial score (nSPS) is 45.0. The van der Waals surface area contributed by atoms with Crippen LogP contribution in [0.4, 0.5) is 0 Å². The summed E-state index contributed by atoms with van der Waals surface area (Å²) in [5.74, 6) is -2.92. The van der Waals surface area contributed by atoms with Gasteiger partial charge in [0.15, 0.2) is 24.0 Å². The molecule has 3 aliphatic carbocycles. The molecule has 11 heteroatoms. The fourth-order valence-electron chi connectivity index (χ4n) is 8.18. The molecule has 39 heavy (non-hydrogen) atoms. The lowest BCUT2D eigenvalue weighted by molar-refractivity contribution is -0.217. The number of benzene rings is 1. The fraction of sp³-hybridized carbons (Fsp3) is 0.607. The minimum Gasteiger partial charge on any atom is -0.507 e. The van der Waals surface area contributed by atoms with Crippen molar-refractivity contribution < 1.29 is 53.4 Å². The average molecular weight is 541 g/mol. The van der Waals surface area contributed by atoms with Crippen molar-refractivity contribution in [3.63, 3.8) is 0 Å². The highest BCUT2D eigenvalue weighted by atomic mass is 16.7. The lowest BCUT2D eigenvalue weighted by Crippen LogP contribution is -2.45. The van der Waals surface area contributed by atoms with Gasteiger partial charge in [-0.15, -0.1) is 0 Å². The van der Waals surface area contributed by atoms with Crippen molar-refractivity contribution in [3.8, 4) is 11.5 Å². The van der Waals surface area contributed by atoms with E-state index in [1.807, 2.05) is 6.92 Å². The van der Waals surface area contributed by atoms with Gasteiger partial charge < -0.3 is 39.0 Å². The van der Waals surface area contributed by atoms with Gasteiger partial charge in [-0.1, -0.05) is 0 Å². The lowest BCUT2D eigenvalue weighted by atomic mass is 9.65. The first-order chi connectivity index (χ1) is 18.5. The average Bonchev–Trinajstić information content (AvgIpc) is 3.12. The first kappa shape index (κ1) is 24.0. The number of hydrogen-bond donors (Lipinski definition) is 3. The summed E-state index contributed by atoms with van der Waals surface area (Å²) >= 11 is 0. The molecule has 3 saturated heterocycles. The van der Waals surface area contributed by atoms with E-state index in [4.69, 9.17) is 23.7 Å². The van der Waals surface area contributed by atoms with Gasteiger partial charge in [0.2, 0.25) is 0 Å². The third kappa shape index (κ3) is 2.51. The van der Waals surface area contributed by atoms with Crippen molar-refractivity contribution in [2.45, 2.75) is 106 Å². The first-order valence-corrected chi connectivity index (χ1v) is 13.5. The Morgan fingerprint density at radius 2 is 1.64 bits per heavy atom. The zero-order valence-electron chi connectivity index (χ0n) is 21.6. The Bertz CT molecular complexity index is 1450.